The summed E-state index contributed by atoms with van der Waals surface area (Å²) in [5.74, 6) is 2.99. The van der Waals surface area contributed by atoms with Crippen LogP contribution >= 0.6 is 0 Å². The van der Waals surface area contributed by atoms with Gasteiger partial charge in [0, 0.05) is 19.6 Å². The highest BCUT2D eigenvalue weighted by Gasteiger charge is 2.37. The van der Waals surface area contributed by atoms with Crippen molar-refractivity contribution in [1.29, 1.82) is 0 Å². The first-order valence-electron chi connectivity index (χ1n) is 8.40. The van der Waals surface area contributed by atoms with Crippen molar-refractivity contribution in [2.24, 2.45) is 0 Å². The molecule has 1 aliphatic heterocycles. The van der Waals surface area contributed by atoms with Crippen molar-refractivity contribution < 1.29 is 18.5 Å². The van der Waals surface area contributed by atoms with Gasteiger partial charge in [-0.05, 0) is 38.7 Å². The number of amides is 1. The van der Waals surface area contributed by atoms with E-state index in [1.54, 1.807) is 20.1 Å². The first-order chi connectivity index (χ1) is 11.7. The molecule has 3 heterocycles. The Labute approximate surface area is 140 Å². The summed E-state index contributed by atoms with van der Waals surface area (Å²) in [6.45, 7) is 2.85. The molecule has 7 heteroatoms. The second-order valence-electron chi connectivity index (χ2n) is 6.54. The predicted molar refractivity (Wildman–Crippen MR) is 83.4 cm³/mol. The highest BCUT2D eigenvalue weighted by atomic mass is 16.5. The molecular weight excluding hydrogens is 310 g/mol. The number of carbonyl (C=O) groups excluding carboxylic acids is 1. The maximum Gasteiger partial charge on any atom is 0.258 e. The lowest BCUT2D eigenvalue weighted by molar-refractivity contribution is 0.0726. The minimum Gasteiger partial charge on any atom is -0.463 e. The predicted octanol–water partition coefficient (Wildman–Crippen LogP) is 2.97. The fraction of sp³-hybridized carbons (Fsp3) is 0.588. The van der Waals surface area contributed by atoms with E-state index in [1.807, 2.05) is 4.90 Å². The van der Waals surface area contributed by atoms with Crippen LogP contribution in [-0.2, 0) is 11.3 Å². The van der Waals surface area contributed by atoms with Crippen molar-refractivity contribution >= 4 is 5.91 Å². The van der Waals surface area contributed by atoms with E-state index < -0.39 is 0 Å². The second-order valence-corrected chi connectivity index (χ2v) is 6.54. The van der Waals surface area contributed by atoms with Crippen LogP contribution in [0.5, 0.6) is 0 Å². The highest BCUT2D eigenvalue weighted by molar-refractivity contribution is 5.95. The number of furan rings is 1. The molecule has 4 rings (SSSR count). The van der Waals surface area contributed by atoms with Gasteiger partial charge in [0.2, 0.25) is 5.89 Å². The Morgan fingerprint density at radius 3 is 3.00 bits per heavy atom. The molecule has 128 valence electrons. The summed E-state index contributed by atoms with van der Waals surface area (Å²) in [6.07, 6.45) is 4.03. The largest absolute Gasteiger partial charge is 0.463 e. The molecule has 1 saturated carbocycles. The van der Waals surface area contributed by atoms with Gasteiger partial charge in [0.15, 0.2) is 5.82 Å². The maximum absolute atomic E-state index is 13.0. The van der Waals surface area contributed by atoms with Crippen molar-refractivity contribution in [1.82, 2.24) is 15.0 Å². The highest BCUT2D eigenvalue weighted by Crippen LogP contribution is 2.40. The number of ether oxygens (including phenoxy) is 1. The number of methoxy groups -OCH3 is 1. The third kappa shape index (κ3) is 2.73. The molecule has 24 heavy (non-hydrogen) atoms. The molecule has 0 spiro atoms. The Bertz CT molecular complexity index is 747. The van der Waals surface area contributed by atoms with E-state index in [2.05, 4.69) is 10.1 Å². The van der Waals surface area contributed by atoms with Crippen molar-refractivity contribution in [2.75, 3.05) is 13.7 Å². The Kier molecular flexibility index (Phi) is 3.88. The van der Waals surface area contributed by atoms with Crippen LogP contribution < -0.4 is 0 Å². The summed E-state index contributed by atoms with van der Waals surface area (Å²) in [5.41, 5.74) is 0.583. The zero-order valence-electron chi connectivity index (χ0n) is 13.9. The molecule has 2 aliphatic rings. The van der Waals surface area contributed by atoms with Gasteiger partial charge in [-0.25, -0.2) is 0 Å². The molecule has 2 fully saturated rings. The molecule has 2 aromatic heterocycles. The lowest BCUT2D eigenvalue weighted by Gasteiger charge is -2.21. The van der Waals surface area contributed by atoms with Crippen molar-refractivity contribution in [2.45, 2.75) is 51.2 Å². The molecule has 1 amide bonds. The third-order valence-corrected chi connectivity index (χ3v) is 4.68. The minimum atomic E-state index is -0.117. The zero-order valence-corrected chi connectivity index (χ0v) is 13.9. The van der Waals surface area contributed by atoms with Crippen molar-refractivity contribution in [3.63, 3.8) is 0 Å². The van der Waals surface area contributed by atoms with Crippen LogP contribution in [0.4, 0.5) is 0 Å². The van der Waals surface area contributed by atoms with Crippen LogP contribution in [0.1, 0.15) is 71.2 Å². The SMILES string of the molecule is COCc1cc(C(=O)N2CCC[C@H]2c2noc(C3CC3)n2)c(C)o1. The number of rotatable bonds is 5. The van der Waals surface area contributed by atoms with Gasteiger partial charge in [0.05, 0.1) is 11.6 Å². The van der Waals surface area contributed by atoms with Crippen LogP contribution in [0.15, 0.2) is 15.0 Å². The quantitative estimate of drug-likeness (QED) is 0.838. The van der Waals surface area contributed by atoms with Gasteiger partial charge in [-0.3, -0.25) is 4.79 Å². The number of aromatic nitrogens is 2. The molecule has 0 N–H and O–H groups in total. The van der Waals surface area contributed by atoms with E-state index in [1.165, 1.54) is 0 Å². The molecule has 0 unspecified atom stereocenters. The maximum atomic E-state index is 13.0. The molecule has 0 aromatic carbocycles. The molecule has 1 aliphatic carbocycles. The molecule has 7 nitrogen and oxygen atoms in total. The van der Waals surface area contributed by atoms with Gasteiger partial charge < -0.3 is 18.6 Å². The van der Waals surface area contributed by atoms with Crippen molar-refractivity contribution in [3.05, 3.63) is 34.9 Å². The topological polar surface area (TPSA) is 81.6 Å². The van der Waals surface area contributed by atoms with Crippen LogP contribution in [0.3, 0.4) is 0 Å². The second kappa shape index (κ2) is 6.05. The first kappa shape index (κ1) is 15.4. The number of hydrogen-bond donors (Lipinski definition) is 0. The van der Waals surface area contributed by atoms with E-state index in [-0.39, 0.29) is 11.9 Å². The number of nitrogens with zero attached hydrogens (tertiary/aromatic N) is 3. The summed E-state index contributed by atoms with van der Waals surface area (Å²) in [4.78, 5) is 19.3. The van der Waals surface area contributed by atoms with Gasteiger partial charge >= 0.3 is 0 Å². The summed E-state index contributed by atoms with van der Waals surface area (Å²) in [6, 6.07) is 1.65. The molecule has 2 aromatic rings. The summed E-state index contributed by atoms with van der Waals surface area (Å²) >= 11 is 0. The zero-order chi connectivity index (χ0) is 16.7. The fourth-order valence-corrected chi connectivity index (χ4v) is 3.28. The lowest BCUT2D eigenvalue weighted by Crippen LogP contribution is -2.31. The van der Waals surface area contributed by atoms with E-state index in [4.69, 9.17) is 13.7 Å². The van der Waals surface area contributed by atoms with Crippen LogP contribution in [0.2, 0.25) is 0 Å². The van der Waals surface area contributed by atoms with Crippen LogP contribution in [0, 0.1) is 6.92 Å². The van der Waals surface area contributed by atoms with E-state index in [0.29, 0.717) is 47.9 Å². The summed E-state index contributed by atoms with van der Waals surface area (Å²) < 4.78 is 16.0. The minimum absolute atomic E-state index is 0.0427. The normalized spacial score (nSPS) is 20.8. The smallest absolute Gasteiger partial charge is 0.258 e. The van der Waals surface area contributed by atoms with Gasteiger partial charge in [-0.15, -0.1) is 0 Å². The van der Waals surface area contributed by atoms with E-state index in [0.717, 1.165) is 25.7 Å². The van der Waals surface area contributed by atoms with Crippen LogP contribution in [0.25, 0.3) is 0 Å². The number of carbonyl (C=O) groups is 1. The van der Waals surface area contributed by atoms with E-state index in [9.17, 15) is 4.79 Å². The third-order valence-electron chi connectivity index (χ3n) is 4.68. The van der Waals surface area contributed by atoms with Crippen molar-refractivity contribution in [3.8, 4) is 0 Å². The Balaban J connectivity index is 1.56. The molecule has 0 radical (unpaired) electrons. The van der Waals surface area contributed by atoms with Gasteiger partial charge in [0.25, 0.3) is 5.91 Å². The molecule has 1 saturated heterocycles. The number of aryl methyl sites for hydroxylation is 1. The van der Waals surface area contributed by atoms with Crippen LogP contribution in [-0.4, -0.2) is 34.6 Å². The molecule has 1 atom stereocenters. The average Bonchev–Trinajstić information content (AvgIpc) is 3.00. The van der Waals surface area contributed by atoms with Gasteiger partial charge in [0.1, 0.15) is 18.1 Å². The number of hydrogen-bond acceptors (Lipinski definition) is 6. The monoisotopic (exact) mass is 331 g/mol. The fourth-order valence-electron chi connectivity index (χ4n) is 3.28. The standard InChI is InChI=1S/C17H21N3O4/c1-10-13(8-12(23-10)9-22-2)17(21)20-7-3-4-14(20)15-18-16(24-19-15)11-5-6-11/h8,11,14H,3-7,9H2,1-2H3/t14-/m0/s1. The average molecular weight is 331 g/mol. The molecule has 0 bridgehead atoms. The van der Waals surface area contributed by atoms with E-state index >= 15 is 0 Å². The Morgan fingerprint density at radius 2 is 2.25 bits per heavy atom. The Morgan fingerprint density at radius 1 is 1.42 bits per heavy atom. The lowest BCUT2D eigenvalue weighted by atomic mass is 10.1. The summed E-state index contributed by atoms with van der Waals surface area (Å²) in [5, 5.41) is 4.12. The Hall–Kier alpha value is -2.15. The van der Waals surface area contributed by atoms with Gasteiger partial charge in [-0.2, -0.15) is 4.98 Å². The molecular formula is C17H21N3O4. The number of likely N-dealkylation sites (tertiary alicyclic amines) is 1. The van der Waals surface area contributed by atoms with Gasteiger partial charge in [-0.1, -0.05) is 5.16 Å². The summed E-state index contributed by atoms with van der Waals surface area (Å²) in [7, 11) is 1.60. The first-order valence-corrected chi connectivity index (χ1v) is 8.40.